The van der Waals surface area contributed by atoms with Crippen molar-refractivity contribution >= 4 is 5.95 Å². The first-order valence-corrected chi connectivity index (χ1v) is 5.14. The second kappa shape index (κ2) is 4.26. The van der Waals surface area contributed by atoms with E-state index in [-0.39, 0.29) is 5.92 Å². The van der Waals surface area contributed by atoms with Crippen LogP contribution in [0.2, 0.25) is 0 Å². The molecule has 0 saturated heterocycles. The lowest BCUT2D eigenvalue weighted by Gasteiger charge is -2.08. The smallest absolute Gasteiger partial charge is 0.255 e. The fourth-order valence-corrected chi connectivity index (χ4v) is 1.24. The van der Waals surface area contributed by atoms with Gasteiger partial charge >= 0.3 is 0 Å². The Bertz CT molecular complexity index is 462. The standard InChI is InChI=1S/C10H14N6/c1-7(2)8-13-9(11-3)15-10(14-8)16-6-4-5-12-16/h4-7H,1-3H3,(H,11,13,14,15). The van der Waals surface area contributed by atoms with Crippen LogP contribution in [0.5, 0.6) is 0 Å². The van der Waals surface area contributed by atoms with E-state index in [4.69, 9.17) is 0 Å². The summed E-state index contributed by atoms with van der Waals surface area (Å²) >= 11 is 0. The van der Waals surface area contributed by atoms with Crippen LogP contribution in [-0.2, 0) is 0 Å². The fourth-order valence-electron chi connectivity index (χ4n) is 1.24. The van der Waals surface area contributed by atoms with Crippen LogP contribution in [0.4, 0.5) is 5.95 Å². The third-order valence-corrected chi connectivity index (χ3v) is 2.09. The molecule has 0 radical (unpaired) electrons. The van der Waals surface area contributed by atoms with Crippen LogP contribution in [0.3, 0.4) is 0 Å². The van der Waals surface area contributed by atoms with Gasteiger partial charge in [-0.15, -0.1) is 0 Å². The van der Waals surface area contributed by atoms with Gasteiger partial charge in [0.25, 0.3) is 5.95 Å². The predicted molar refractivity (Wildman–Crippen MR) is 60.6 cm³/mol. The number of anilines is 1. The molecule has 0 bridgehead atoms. The number of hydrogen-bond acceptors (Lipinski definition) is 5. The highest BCUT2D eigenvalue weighted by Crippen LogP contribution is 2.12. The second-order valence-electron chi connectivity index (χ2n) is 3.67. The lowest BCUT2D eigenvalue weighted by Crippen LogP contribution is -2.10. The minimum Gasteiger partial charge on any atom is -0.357 e. The molecule has 0 saturated carbocycles. The van der Waals surface area contributed by atoms with Gasteiger partial charge in [-0.2, -0.15) is 20.1 Å². The maximum absolute atomic E-state index is 4.36. The van der Waals surface area contributed by atoms with Gasteiger partial charge in [0.05, 0.1) is 0 Å². The van der Waals surface area contributed by atoms with Crippen LogP contribution < -0.4 is 5.32 Å². The summed E-state index contributed by atoms with van der Waals surface area (Å²) < 4.78 is 1.62. The first kappa shape index (κ1) is 10.5. The van der Waals surface area contributed by atoms with Crippen LogP contribution in [0, 0.1) is 0 Å². The van der Waals surface area contributed by atoms with E-state index in [1.165, 1.54) is 0 Å². The zero-order valence-electron chi connectivity index (χ0n) is 9.55. The Kier molecular flexibility index (Phi) is 2.80. The van der Waals surface area contributed by atoms with E-state index in [2.05, 4.69) is 25.4 Å². The predicted octanol–water partition coefficient (Wildman–Crippen LogP) is 1.22. The summed E-state index contributed by atoms with van der Waals surface area (Å²) in [5, 5.41) is 7.02. The highest BCUT2D eigenvalue weighted by atomic mass is 15.4. The Balaban J connectivity index is 2.49. The number of aromatic nitrogens is 5. The van der Waals surface area contributed by atoms with Crippen molar-refractivity contribution in [2.24, 2.45) is 0 Å². The second-order valence-corrected chi connectivity index (χ2v) is 3.67. The van der Waals surface area contributed by atoms with Crippen LogP contribution in [0.25, 0.3) is 5.95 Å². The average molecular weight is 218 g/mol. The first-order valence-electron chi connectivity index (χ1n) is 5.14. The van der Waals surface area contributed by atoms with Gasteiger partial charge in [-0.25, -0.2) is 4.68 Å². The number of rotatable bonds is 3. The summed E-state index contributed by atoms with van der Waals surface area (Å²) in [6.45, 7) is 4.09. The molecule has 0 aromatic carbocycles. The van der Waals surface area contributed by atoms with Crippen LogP contribution in [-0.4, -0.2) is 31.8 Å². The molecule has 2 aromatic rings. The zero-order valence-corrected chi connectivity index (χ0v) is 9.55. The van der Waals surface area contributed by atoms with Gasteiger partial charge in [-0.3, -0.25) is 0 Å². The van der Waals surface area contributed by atoms with E-state index in [0.717, 1.165) is 5.82 Å². The van der Waals surface area contributed by atoms with Crippen LogP contribution >= 0.6 is 0 Å². The molecule has 6 heteroatoms. The van der Waals surface area contributed by atoms with Crippen molar-refractivity contribution in [2.45, 2.75) is 19.8 Å². The molecular formula is C10H14N6. The van der Waals surface area contributed by atoms with E-state index in [0.29, 0.717) is 11.9 Å². The highest BCUT2D eigenvalue weighted by molar-refractivity contribution is 5.28. The van der Waals surface area contributed by atoms with Gasteiger partial charge in [0.15, 0.2) is 0 Å². The number of nitrogens with zero attached hydrogens (tertiary/aromatic N) is 5. The van der Waals surface area contributed by atoms with Gasteiger partial charge < -0.3 is 5.32 Å². The average Bonchev–Trinajstić information content (AvgIpc) is 2.81. The van der Waals surface area contributed by atoms with E-state index in [1.54, 1.807) is 24.1 Å². The largest absolute Gasteiger partial charge is 0.357 e. The maximum Gasteiger partial charge on any atom is 0.255 e. The molecule has 0 aliphatic carbocycles. The third-order valence-electron chi connectivity index (χ3n) is 2.09. The van der Waals surface area contributed by atoms with Gasteiger partial charge in [-0.1, -0.05) is 13.8 Å². The lowest BCUT2D eigenvalue weighted by molar-refractivity contribution is 0.721. The molecule has 1 N–H and O–H groups in total. The Morgan fingerprint density at radius 2 is 2.06 bits per heavy atom. The van der Waals surface area contributed by atoms with Gasteiger partial charge in [0.2, 0.25) is 5.95 Å². The topological polar surface area (TPSA) is 68.5 Å². The quantitative estimate of drug-likeness (QED) is 0.839. The lowest BCUT2D eigenvalue weighted by atomic mass is 10.2. The molecule has 0 aliphatic rings. The molecule has 0 spiro atoms. The van der Waals surface area contributed by atoms with Gasteiger partial charge in [0.1, 0.15) is 5.82 Å². The normalized spacial score (nSPS) is 10.8. The van der Waals surface area contributed by atoms with Crippen molar-refractivity contribution < 1.29 is 0 Å². The Labute approximate surface area is 93.8 Å². The molecule has 0 atom stereocenters. The van der Waals surface area contributed by atoms with Crippen molar-refractivity contribution in [3.63, 3.8) is 0 Å². The summed E-state index contributed by atoms with van der Waals surface area (Å²) in [5.74, 6) is 2.10. The molecule has 6 nitrogen and oxygen atoms in total. The Hall–Kier alpha value is -1.98. The summed E-state index contributed by atoms with van der Waals surface area (Å²) in [7, 11) is 1.78. The van der Waals surface area contributed by atoms with E-state index in [9.17, 15) is 0 Å². The molecule has 2 heterocycles. The minimum atomic E-state index is 0.254. The van der Waals surface area contributed by atoms with Gasteiger partial charge in [0, 0.05) is 25.4 Å². The fraction of sp³-hybridized carbons (Fsp3) is 0.400. The molecule has 2 rings (SSSR count). The minimum absolute atomic E-state index is 0.254. The SMILES string of the molecule is CNc1nc(C(C)C)nc(-n2cccn2)n1. The van der Waals surface area contributed by atoms with Crippen molar-refractivity contribution in [3.05, 3.63) is 24.3 Å². The maximum atomic E-state index is 4.36. The monoisotopic (exact) mass is 218 g/mol. The molecule has 84 valence electrons. The van der Waals surface area contributed by atoms with Crippen LogP contribution in [0.1, 0.15) is 25.6 Å². The van der Waals surface area contributed by atoms with Crippen molar-refractivity contribution in [1.82, 2.24) is 24.7 Å². The van der Waals surface area contributed by atoms with Crippen molar-refractivity contribution in [2.75, 3.05) is 12.4 Å². The van der Waals surface area contributed by atoms with Crippen molar-refractivity contribution in [1.29, 1.82) is 0 Å². The van der Waals surface area contributed by atoms with Crippen molar-refractivity contribution in [3.8, 4) is 5.95 Å². The molecule has 0 aliphatic heterocycles. The zero-order chi connectivity index (χ0) is 11.5. The summed E-state index contributed by atoms with van der Waals surface area (Å²) in [4.78, 5) is 12.9. The molecule has 16 heavy (non-hydrogen) atoms. The molecular weight excluding hydrogens is 204 g/mol. The summed E-state index contributed by atoms with van der Waals surface area (Å²) in [6.07, 6.45) is 3.50. The Morgan fingerprint density at radius 1 is 1.25 bits per heavy atom. The third kappa shape index (κ3) is 2.00. The summed E-state index contributed by atoms with van der Waals surface area (Å²) in [5.41, 5.74) is 0. The molecule has 0 amide bonds. The van der Waals surface area contributed by atoms with E-state index < -0.39 is 0 Å². The van der Waals surface area contributed by atoms with E-state index in [1.807, 2.05) is 19.9 Å². The number of nitrogens with one attached hydrogen (secondary N) is 1. The van der Waals surface area contributed by atoms with Crippen LogP contribution in [0.15, 0.2) is 18.5 Å². The summed E-state index contributed by atoms with van der Waals surface area (Å²) in [6, 6.07) is 1.83. The Morgan fingerprint density at radius 3 is 2.62 bits per heavy atom. The van der Waals surface area contributed by atoms with Gasteiger partial charge in [-0.05, 0) is 6.07 Å². The molecule has 0 fully saturated rings. The van der Waals surface area contributed by atoms with E-state index >= 15 is 0 Å². The number of hydrogen-bond donors (Lipinski definition) is 1. The molecule has 2 aromatic heterocycles. The highest BCUT2D eigenvalue weighted by Gasteiger charge is 2.09. The molecule has 0 unspecified atom stereocenters. The first-order chi connectivity index (χ1) is 7.70.